The molecule has 0 aliphatic heterocycles. The molecular weight excluding hydrogens is 266 g/mol. The van der Waals surface area contributed by atoms with Gasteiger partial charge in [0.05, 0.1) is 10.8 Å². The minimum absolute atomic E-state index is 0.183. The van der Waals surface area contributed by atoms with E-state index in [0.29, 0.717) is 0 Å². The zero-order valence-corrected chi connectivity index (χ0v) is 11.4. The molecule has 0 heterocycles. The van der Waals surface area contributed by atoms with Crippen LogP contribution in [0.25, 0.3) is 0 Å². The zero-order valence-electron chi connectivity index (χ0n) is 11.4. The van der Waals surface area contributed by atoms with E-state index in [0.717, 1.165) is 0 Å². The third-order valence-electron chi connectivity index (χ3n) is 2.38. The van der Waals surface area contributed by atoms with E-state index in [-0.39, 0.29) is 23.6 Å². The van der Waals surface area contributed by atoms with Crippen molar-refractivity contribution in [1.29, 1.82) is 0 Å². The molecule has 20 heavy (non-hydrogen) atoms. The Balaban J connectivity index is 3.15. The first-order valence-corrected chi connectivity index (χ1v) is 5.94. The van der Waals surface area contributed by atoms with Gasteiger partial charge in [0.25, 0.3) is 0 Å². The molecular formula is C13H15NO6. The molecule has 1 rings (SSSR count). The van der Waals surface area contributed by atoms with Crippen molar-refractivity contribution in [3.05, 3.63) is 33.9 Å². The van der Waals surface area contributed by atoms with Crippen molar-refractivity contribution in [3.8, 4) is 5.75 Å². The van der Waals surface area contributed by atoms with Gasteiger partial charge in [0.2, 0.25) is 5.75 Å². The smallest absolute Gasteiger partial charge is 0.314 e. The van der Waals surface area contributed by atoms with Crippen molar-refractivity contribution in [1.82, 2.24) is 0 Å². The van der Waals surface area contributed by atoms with Crippen LogP contribution in [0.5, 0.6) is 5.75 Å². The lowest BCUT2D eigenvalue weighted by atomic mass is 10.1. The molecule has 0 unspecified atom stereocenters. The molecule has 7 heteroatoms. The largest absolute Gasteiger partial charge is 0.461 e. The van der Waals surface area contributed by atoms with E-state index >= 15 is 0 Å². The molecule has 7 nitrogen and oxygen atoms in total. The van der Waals surface area contributed by atoms with Gasteiger partial charge >= 0.3 is 17.6 Å². The molecule has 0 bridgehead atoms. The summed E-state index contributed by atoms with van der Waals surface area (Å²) in [6, 6.07) is 4.16. The SMILES string of the molecule is CC(=O)OCc1cccc([N+](=O)[O-])c1OC(=O)C(C)C. The lowest BCUT2D eigenvalue weighted by Crippen LogP contribution is -2.17. The topological polar surface area (TPSA) is 95.7 Å². The fourth-order valence-electron chi connectivity index (χ4n) is 1.34. The average molecular weight is 281 g/mol. The minimum Gasteiger partial charge on any atom is -0.461 e. The molecule has 108 valence electrons. The Kier molecular flexibility index (Phi) is 5.19. The first-order chi connectivity index (χ1) is 9.32. The third-order valence-corrected chi connectivity index (χ3v) is 2.38. The van der Waals surface area contributed by atoms with Crippen LogP contribution >= 0.6 is 0 Å². The highest BCUT2D eigenvalue weighted by Crippen LogP contribution is 2.32. The van der Waals surface area contributed by atoms with Crippen molar-refractivity contribution >= 4 is 17.6 Å². The number of rotatable bonds is 5. The molecule has 0 radical (unpaired) electrons. The lowest BCUT2D eigenvalue weighted by molar-refractivity contribution is -0.385. The average Bonchev–Trinajstić information content (AvgIpc) is 2.36. The summed E-state index contributed by atoms with van der Waals surface area (Å²) in [7, 11) is 0. The number of carbonyl (C=O) groups excluding carboxylic acids is 2. The Morgan fingerprint density at radius 2 is 2.00 bits per heavy atom. The monoisotopic (exact) mass is 281 g/mol. The Morgan fingerprint density at radius 1 is 1.35 bits per heavy atom. The van der Waals surface area contributed by atoms with E-state index in [9.17, 15) is 19.7 Å². The number of benzene rings is 1. The Labute approximate surface area is 115 Å². The van der Waals surface area contributed by atoms with Crippen molar-refractivity contribution < 1.29 is 24.0 Å². The van der Waals surface area contributed by atoms with Crippen LogP contribution in [-0.4, -0.2) is 16.9 Å². The predicted octanol–water partition coefficient (Wildman–Crippen LogP) is 2.22. The first-order valence-electron chi connectivity index (χ1n) is 5.94. The standard InChI is InChI=1S/C13H15NO6/c1-8(2)13(16)20-12-10(7-19-9(3)15)5-4-6-11(12)14(17)18/h4-6,8H,7H2,1-3H3. The lowest BCUT2D eigenvalue weighted by Gasteiger charge is -2.11. The number of nitro benzene ring substituents is 1. The van der Waals surface area contributed by atoms with Crippen LogP contribution < -0.4 is 4.74 Å². The van der Waals surface area contributed by atoms with Crippen molar-refractivity contribution in [2.24, 2.45) is 5.92 Å². The quantitative estimate of drug-likeness (QED) is 0.355. The summed E-state index contributed by atoms with van der Waals surface area (Å²) in [4.78, 5) is 32.8. The van der Waals surface area contributed by atoms with Crippen LogP contribution in [0, 0.1) is 16.0 Å². The summed E-state index contributed by atoms with van der Waals surface area (Å²) >= 11 is 0. The third kappa shape index (κ3) is 4.04. The van der Waals surface area contributed by atoms with Gasteiger partial charge < -0.3 is 9.47 Å². The van der Waals surface area contributed by atoms with E-state index in [1.807, 2.05) is 0 Å². The van der Waals surface area contributed by atoms with E-state index in [4.69, 9.17) is 9.47 Å². The van der Waals surface area contributed by atoms with E-state index in [1.165, 1.54) is 25.1 Å². The van der Waals surface area contributed by atoms with Crippen LogP contribution in [0.4, 0.5) is 5.69 Å². The second-order valence-corrected chi connectivity index (χ2v) is 4.38. The zero-order chi connectivity index (χ0) is 15.3. The van der Waals surface area contributed by atoms with Crippen molar-refractivity contribution in [2.75, 3.05) is 0 Å². The van der Waals surface area contributed by atoms with E-state index in [2.05, 4.69) is 0 Å². The second kappa shape index (κ2) is 6.65. The molecule has 0 fully saturated rings. The number of hydrogen-bond donors (Lipinski definition) is 0. The number of nitro groups is 1. The molecule has 1 aromatic rings. The van der Waals surface area contributed by atoms with Crippen LogP contribution in [-0.2, 0) is 20.9 Å². The molecule has 1 aromatic carbocycles. The van der Waals surface area contributed by atoms with Gasteiger partial charge in [0.15, 0.2) is 0 Å². The summed E-state index contributed by atoms with van der Waals surface area (Å²) in [6.45, 7) is 4.25. The van der Waals surface area contributed by atoms with Gasteiger partial charge in [0, 0.05) is 18.6 Å². The highest BCUT2D eigenvalue weighted by Gasteiger charge is 2.23. The molecule has 0 saturated heterocycles. The first kappa shape index (κ1) is 15.6. The Bertz CT molecular complexity index is 538. The second-order valence-electron chi connectivity index (χ2n) is 4.38. The molecule has 0 amide bonds. The van der Waals surface area contributed by atoms with Gasteiger partial charge in [-0.2, -0.15) is 0 Å². The maximum absolute atomic E-state index is 11.6. The van der Waals surface area contributed by atoms with Crippen LogP contribution in [0.2, 0.25) is 0 Å². The molecule has 0 aromatic heterocycles. The number of esters is 2. The van der Waals surface area contributed by atoms with E-state index in [1.54, 1.807) is 13.8 Å². The van der Waals surface area contributed by atoms with Gasteiger partial charge in [-0.3, -0.25) is 19.7 Å². The van der Waals surface area contributed by atoms with Gasteiger partial charge in [0.1, 0.15) is 6.61 Å². The van der Waals surface area contributed by atoms with Gasteiger partial charge in [-0.05, 0) is 0 Å². The Hall–Kier alpha value is -2.44. The van der Waals surface area contributed by atoms with Crippen LogP contribution in [0.3, 0.4) is 0 Å². The summed E-state index contributed by atoms with van der Waals surface area (Å²) in [6.07, 6.45) is 0. The van der Waals surface area contributed by atoms with Crippen molar-refractivity contribution in [2.45, 2.75) is 27.4 Å². The van der Waals surface area contributed by atoms with Crippen LogP contribution in [0.15, 0.2) is 18.2 Å². The van der Waals surface area contributed by atoms with E-state index < -0.39 is 22.8 Å². The number of carbonyl (C=O) groups is 2. The Morgan fingerprint density at radius 3 is 2.50 bits per heavy atom. The fraction of sp³-hybridized carbons (Fsp3) is 0.385. The number of para-hydroxylation sites is 1. The minimum atomic E-state index is -0.653. The predicted molar refractivity (Wildman–Crippen MR) is 69.0 cm³/mol. The fourth-order valence-corrected chi connectivity index (χ4v) is 1.34. The van der Waals surface area contributed by atoms with Gasteiger partial charge in [-0.1, -0.05) is 26.0 Å². The van der Waals surface area contributed by atoms with Crippen LogP contribution in [0.1, 0.15) is 26.3 Å². The van der Waals surface area contributed by atoms with Crippen molar-refractivity contribution in [3.63, 3.8) is 0 Å². The number of ether oxygens (including phenoxy) is 2. The highest BCUT2D eigenvalue weighted by atomic mass is 16.6. The molecule has 0 aliphatic carbocycles. The summed E-state index contributed by atoms with van der Waals surface area (Å²) < 4.78 is 9.85. The van der Waals surface area contributed by atoms with Gasteiger partial charge in [-0.15, -0.1) is 0 Å². The summed E-state index contributed by atoms with van der Waals surface area (Å²) in [5.74, 6) is -1.74. The maximum Gasteiger partial charge on any atom is 0.314 e. The molecule has 0 saturated carbocycles. The normalized spacial score (nSPS) is 10.2. The molecule has 0 spiro atoms. The maximum atomic E-state index is 11.6. The summed E-state index contributed by atoms with van der Waals surface area (Å²) in [5.41, 5.74) is -0.0768. The van der Waals surface area contributed by atoms with Gasteiger partial charge in [-0.25, -0.2) is 0 Å². The molecule has 0 atom stereocenters. The summed E-state index contributed by atoms with van der Waals surface area (Å²) in [5, 5.41) is 11.0. The molecule has 0 N–H and O–H groups in total. The molecule has 0 aliphatic rings. The number of nitrogens with zero attached hydrogens (tertiary/aromatic N) is 1. The number of hydrogen-bond acceptors (Lipinski definition) is 6. The highest BCUT2D eigenvalue weighted by molar-refractivity contribution is 5.76.